The number of carbonyl (C=O) groups excluding carboxylic acids is 1. The van der Waals surface area contributed by atoms with Crippen LogP contribution in [0.5, 0.6) is 5.75 Å². The summed E-state index contributed by atoms with van der Waals surface area (Å²) in [6.07, 6.45) is 2.40. The summed E-state index contributed by atoms with van der Waals surface area (Å²) in [5.74, 6) is 0.638. The van der Waals surface area contributed by atoms with E-state index in [1.54, 1.807) is 7.11 Å². The highest BCUT2D eigenvalue weighted by atomic mass is 16.5. The van der Waals surface area contributed by atoms with Gasteiger partial charge in [0.05, 0.1) is 12.8 Å². The number of hydrogen-bond donors (Lipinski definition) is 1. The Balaban J connectivity index is 1.85. The van der Waals surface area contributed by atoms with Gasteiger partial charge in [0.1, 0.15) is 5.75 Å². The molecule has 0 saturated carbocycles. The van der Waals surface area contributed by atoms with Crippen LogP contribution < -0.4 is 10.2 Å². The molecule has 3 rings (SSSR count). The number of nitrogens with zero attached hydrogens (tertiary/aromatic N) is 1. The Labute approximate surface area is 135 Å². The molecular formula is C19H18N2O2. The third kappa shape index (κ3) is 3.48. The Morgan fingerprint density at radius 1 is 1.09 bits per heavy atom. The van der Waals surface area contributed by atoms with Gasteiger partial charge in [-0.2, -0.15) is 5.10 Å². The predicted octanol–water partition coefficient (Wildman–Crippen LogP) is 3.31. The molecule has 0 spiro atoms. The highest BCUT2D eigenvalue weighted by Gasteiger charge is 2.19. The summed E-state index contributed by atoms with van der Waals surface area (Å²) >= 11 is 0. The molecule has 1 aliphatic heterocycles. The summed E-state index contributed by atoms with van der Waals surface area (Å²) in [4.78, 5) is 12.0. The van der Waals surface area contributed by atoms with Crippen molar-refractivity contribution in [2.24, 2.45) is 5.10 Å². The molecule has 2 aromatic rings. The zero-order chi connectivity index (χ0) is 16.2. The van der Waals surface area contributed by atoms with E-state index in [-0.39, 0.29) is 5.91 Å². The fourth-order valence-electron chi connectivity index (χ4n) is 2.42. The highest BCUT2D eigenvalue weighted by molar-refractivity contribution is 6.12. The van der Waals surface area contributed by atoms with Gasteiger partial charge in [0.15, 0.2) is 0 Å². The second-order valence-corrected chi connectivity index (χ2v) is 5.48. The predicted molar refractivity (Wildman–Crippen MR) is 91.4 cm³/mol. The van der Waals surface area contributed by atoms with Gasteiger partial charge in [-0.05, 0) is 36.3 Å². The summed E-state index contributed by atoms with van der Waals surface area (Å²) in [6.45, 7) is 2.04. The number of benzene rings is 2. The van der Waals surface area contributed by atoms with Crippen molar-refractivity contribution in [1.82, 2.24) is 5.43 Å². The van der Waals surface area contributed by atoms with Crippen molar-refractivity contribution < 1.29 is 9.53 Å². The summed E-state index contributed by atoms with van der Waals surface area (Å²) < 4.78 is 5.15. The molecular weight excluding hydrogens is 288 g/mol. The highest BCUT2D eigenvalue weighted by Crippen LogP contribution is 2.19. The molecule has 0 bridgehead atoms. The minimum atomic E-state index is -0.156. The van der Waals surface area contributed by atoms with E-state index < -0.39 is 0 Å². The summed E-state index contributed by atoms with van der Waals surface area (Å²) in [5, 5.41) is 4.19. The summed E-state index contributed by atoms with van der Waals surface area (Å²) in [6, 6.07) is 15.7. The molecule has 0 unspecified atom stereocenters. The zero-order valence-corrected chi connectivity index (χ0v) is 13.2. The van der Waals surface area contributed by atoms with Gasteiger partial charge in [-0.1, -0.05) is 42.0 Å². The van der Waals surface area contributed by atoms with E-state index in [9.17, 15) is 4.79 Å². The third-order valence-corrected chi connectivity index (χ3v) is 3.78. The van der Waals surface area contributed by atoms with E-state index in [0.717, 1.165) is 22.6 Å². The van der Waals surface area contributed by atoms with Crippen LogP contribution in [0, 0.1) is 6.92 Å². The molecule has 0 aromatic heterocycles. The Morgan fingerprint density at radius 2 is 1.78 bits per heavy atom. The largest absolute Gasteiger partial charge is 0.497 e. The van der Waals surface area contributed by atoms with E-state index in [0.29, 0.717) is 12.0 Å². The molecule has 2 aromatic carbocycles. The molecule has 0 saturated heterocycles. The topological polar surface area (TPSA) is 50.7 Å². The standard InChI is InChI=1S/C19H18N2O2/c1-13-3-7-15(8-4-13)18-12-16(19(22)21-20-18)11-14-5-9-17(23-2)10-6-14/h3-11H,12H2,1-2H3,(H,21,22)/b16-11-. The number of hydrazone groups is 1. The molecule has 4 nitrogen and oxygen atoms in total. The van der Waals surface area contributed by atoms with Gasteiger partial charge in [0.2, 0.25) is 0 Å². The van der Waals surface area contributed by atoms with E-state index in [2.05, 4.69) is 10.5 Å². The molecule has 0 radical (unpaired) electrons. The molecule has 1 aliphatic rings. The first-order valence-electron chi connectivity index (χ1n) is 7.44. The number of ether oxygens (including phenoxy) is 1. The number of nitrogens with one attached hydrogen (secondary N) is 1. The molecule has 0 aliphatic carbocycles. The van der Waals surface area contributed by atoms with E-state index in [1.165, 1.54) is 5.56 Å². The van der Waals surface area contributed by atoms with Gasteiger partial charge < -0.3 is 4.74 Å². The Morgan fingerprint density at radius 3 is 2.43 bits per heavy atom. The van der Waals surface area contributed by atoms with Crippen LogP contribution >= 0.6 is 0 Å². The summed E-state index contributed by atoms with van der Waals surface area (Å²) in [5.41, 5.74) is 7.34. The van der Waals surface area contributed by atoms with Crippen molar-refractivity contribution in [3.05, 3.63) is 70.8 Å². The summed E-state index contributed by atoms with van der Waals surface area (Å²) in [7, 11) is 1.63. The van der Waals surface area contributed by atoms with Gasteiger partial charge in [-0.25, -0.2) is 5.43 Å². The van der Waals surface area contributed by atoms with Crippen molar-refractivity contribution in [2.45, 2.75) is 13.3 Å². The number of methoxy groups -OCH3 is 1. The van der Waals surface area contributed by atoms with E-state index in [1.807, 2.05) is 61.5 Å². The normalized spacial score (nSPS) is 16.0. The van der Waals surface area contributed by atoms with Crippen molar-refractivity contribution >= 4 is 17.7 Å². The average Bonchev–Trinajstić information content (AvgIpc) is 2.58. The van der Waals surface area contributed by atoms with Gasteiger partial charge in [0.25, 0.3) is 5.91 Å². The number of amides is 1. The van der Waals surface area contributed by atoms with Crippen LogP contribution in [-0.4, -0.2) is 18.7 Å². The molecule has 116 valence electrons. The van der Waals surface area contributed by atoms with Crippen LogP contribution in [0.1, 0.15) is 23.1 Å². The number of rotatable bonds is 3. The Kier molecular flexibility index (Phi) is 4.24. The van der Waals surface area contributed by atoms with Crippen LogP contribution in [0.3, 0.4) is 0 Å². The maximum Gasteiger partial charge on any atom is 0.267 e. The van der Waals surface area contributed by atoms with Crippen LogP contribution in [0.2, 0.25) is 0 Å². The van der Waals surface area contributed by atoms with Crippen molar-refractivity contribution in [2.75, 3.05) is 7.11 Å². The van der Waals surface area contributed by atoms with Crippen molar-refractivity contribution in [3.63, 3.8) is 0 Å². The fraction of sp³-hybridized carbons (Fsp3) is 0.158. The first-order chi connectivity index (χ1) is 11.2. The monoisotopic (exact) mass is 306 g/mol. The minimum Gasteiger partial charge on any atom is -0.497 e. The Bertz CT molecular complexity index is 772. The zero-order valence-electron chi connectivity index (χ0n) is 13.2. The van der Waals surface area contributed by atoms with Gasteiger partial charge >= 0.3 is 0 Å². The smallest absolute Gasteiger partial charge is 0.267 e. The molecule has 23 heavy (non-hydrogen) atoms. The second-order valence-electron chi connectivity index (χ2n) is 5.48. The lowest BCUT2D eigenvalue weighted by atomic mass is 9.98. The molecule has 0 fully saturated rings. The van der Waals surface area contributed by atoms with E-state index in [4.69, 9.17) is 4.74 Å². The van der Waals surface area contributed by atoms with Crippen molar-refractivity contribution in [1.29, 1.82) is 0 Å². The van der Waals surface area contributed by atoms with Crippen LogP contribution in [0.15, 0.2) is 59.2 Å². The van der Waals surface area contributed by atoms with Crippen molar-refractivity contribution in [3.8, 4) is 5.75 Å². The van der Waals surface area contributed by atoms with Gasteiger partial charge in [-0.3, -0.25) is 4.79 Å². The number of hydrogen-bond acceptors (Lipinski definition) is 3. The number of aryl methyl sites for hydroxylation is 1. The number of carbonyl (C=O) groups is 1. The maximum absolute atomic E-state index is 12.0. The Hall–Kier alpha value is -2.88. The fourth-order valence-corrected chi connectivity index (χ4v) is 2.42. The first-order valence-corrected chi connectivity index (χ1v) is 7.44. The first kappa shape index (κ1) is 15.0. The lowest BCUT2D eigenvalue weighted by molar-refractivity contribution is -0.117. The average molecular weight is 306 g/mol. The van der Waals surface area contributed by atoms with Crippen LogP contribution in [0.4, 0.5) is 0 Å². The minimum absolute atomic E-state index is 0.156. The van der Waals surface area contributed by atoms with Gasteiger partial charge in [0, 0.05) is 12.0 Å². The van der Waals surface area contributed by atoms with Crippen LogP contribution in [-0.2, 0) is 4.79 Å². The molecule has 1 heterocycles. The second kappa shape index (κ2) is 6.48. The molecule has 1 N–H and O–H groups in total. The maximum atomic E-state index is 12.0. The van der Waals surface area contributed by atoms with Crippen LogP contribution in [0.25, 0.3) is 6.08 Å². The lowest BCUT2D eigenvalue weighted by Crippen LogP contribution is -2.28. The molecule has 4 heteroatoms. The SMILES string of the molecule is COc1ccc(/C=C2/CC(c3ccc(C)cc3)=NNC2=O)cc1. The molecule has 1 amide bonds. The third-order valence-electron chi connectivity index (χ3n) is 3.78. The van der Waals surface area contributed by atoms with E-state index >= 15 is 0 Å². The lowest BCUT2D eigenvalue weighted by Gasteiger charge is -2.15. The quantitative estimate of drug-likeness (QED) is 0.885. The molecule has 0 atom stereocenters. The van der Waals surface area contributed by atoms with Gasteiger partial charge in [-0.15, -0.1) is 0 Å².